The van der Waals surface area contributed by atoms with Gasteiger partial charge < -0.3 is 20.1 Å². The summed E-state index contributed by atoms with van der Waals surface area (Å²) in [6, 6.07) is 6.26. The number of nitrogens with one attached hydrogen (secondary N) is 2. The van der Waals surface area contributed by atoms with E-state index in [9.17, 15) is 14.7 Å². The first-order valence-electron chi connectivity index (χ1n) is 6.84. The van der Waals surface area contributed by atoms with E-state index in [1.54, 1.807) is 6.92 Å². The van der Waals surface area contributed by atoms with Crippen LogP contribution in [0.3, 0.4) is 0 Å². The number of fused-ring (bicyclic) bond motifs is 1. The van der Waals surface area contributed by atoms with Crippen molar-refractivity contribution in [2.45, 2.75) is 13.0 Å². The van der Waals surface area contributed by atoms with Gasteiger partial charge in [0.25, 0.3) is 5.91 Å². The number of hydrogen-bond acceptors (Lipinski definition) is 3. The summed E-state index contributed by atoms with van der Waals surface area (Å²) in [5.74, 6) is -1.58. The molecule has 22 heavy (non-hydrogen) atoms. The fourth-order valence-corrected chi connectivity index (χ4v) is 2.24. The molecule has 1 amide bonds. The number of aliphatic carboxylic acids is 1. The molecule has 0 bridgehead atoms. The molecule has 0 aliphatic rings. The number of rotatable bonds is 7. The van der Waals surface area contributed by atoms with Gasteiger partial charge in [-0.05, 0) is 13.0 Å². The van der Waals surface area contributed by atoms with Crippen LogP contribution in [0.1, 0.15) is 16.1 Å². The Kier molecular flexibility index (Phi) is 4.95. The van der Waals surface area contributed by atoms with E-state index in [1.807, 2.05) is 24.3 Å². The zero-order valence-electron chi connectivity index (χ0n) is 12.3. The number of carbonyl (C=O) groups is 2. The normalized spacial score (nSPS) is 12.0. The molecule has 0 saturated carbocycles. The molecule has 1 aromatic heterocycles. The molecule has 0 saturated heterocycles. The third-order valence-corrected chi connectivity index (χ3v) is 3.24. The number of hydrogen-bond donors (Lipinski definition) is 3. The van der Waals surface area contributed by atoms with Gasteiger partial charge in [0.1, 0.15) is 0 Å². The van der Waals surface area contributed by atoms with Crippen molar-refractivity contribution in [3.05, 3.63) is 48.2 Å². The summed E-state index contributed by atoms with van der Waals surface area (Å²) in [6.07, 6.45) is 1.52. The number of ether oxygens (including phenoxy) is 1. The largest absolute Gasteiger partial charge is 0.480 e. The molecule has 116 valence electrons. The van der Waals surface area contributed by atoms with E-state index in [0.717, 1.165) is 10.9 Å². The highest BCUT2D eigenvalue weighted by molar-refractivity contribution is 6.08. The Morgan fingerprint density at radius 3 is 2.86 bits per heavy atom. The first-order chi connectivity index (χ1) is 10.5. The SMILES string of the molecule is C=CCOCC(NC(=O)c1c(C)[nH]c2ccccc12)C(=O)O. The summed E-state index contributed by atoms with van der Waals surface area (Å²) in [4.78, 5) is 26.7. The molecule has 6 heteroatoms. The van der Waals surface area contributed by atoms with Crippen molar-refractivity contribution in [2.24, 2.45) is 0 Å². The number of aryl methyl sites for hydroxylation is 1. The van der Waals surface area contributed by atoms with Gasteiger partial charge in [-0.3, -0.25) is 4.79 Å². The first kappa shape index (κ1) is 15.8. The molecule has 0 fully saturated rings. The van der Waals surface area contributed by atoms with Gasteiger partial charge >= 0.3 is 5.97 Å². The van der Waals surface area contributed by atoms with E-state index >= 15 is 0 Å². The Labute approximate surface area is 127 Å². The first-order valence-corrected chi connectivity index (χ1v) is 6.84. The van der Waals surface area contributed by atoms with Crippen LogP contribution in [0.5, 0.6) is 0 Å². The van der Waals surface area contributed by atoms with Crippen molar-refractivity contribution in [1.82, 2.24) is 10.3 Å². The summed E-state index contributed by atoms with van der Waals surface area (Å²) >= 11 is 0. The fraction of sp³-hybridized carbons (Fsp3) is 0.250. The van der Waals surface area contributed by atoms with Gasteiger partial charge in [-0.15, -0.1) is 6.58 Å². The molecule has 0 spiro atoms. The van der Waals surface area contributed by atoms with E-state index in [4.69, 9.17) is 4.74 Å². The lowest BCUT2D eigenvalue weighted by Crippen LogP contribution is -2.44. The molecule has 0 aliphatic heterocycles. The van der Waals surface area contributed by atoms with E-state index in [-0.39, 0.29) is 13.2 Å². The Hall–Kier alpha value is -2.60. The molecule has 1 atom stereocenters. The second kappa shape index (κ2) is 6.91. The van der Waals surface area contributed by atoms with Crippen molar-refractivity contribution in [2.75, 3.05) is 13.2 Å². The van der Waals surface area contributed by atoms with Crippen LogP contribution in [-0.2, 0) is 9.53 Å². The second-order valence-electron chi connectivity index (χ2n) is 4.86. The molecule has 0 aliphatic carbocycles. The smallest absolute Gasteiger partial charge is 0.328 e. The van der Waals surface area contributed by atoms with Crippen LogP contribution in [-0.4, -0.2) is 41.2 Å². The zero-order chi connectivity index (χ0) is 16.1. The molecule has 1 aromatic carbocycles. The third kappa shape index (κ3) is 3.35. The van der Waals surface area contributed by atoms with Crippen LogP contribution < -0.4 is 5.32 Å². The predicted octanol–water partition coefficient (Wildman–Crippen LogP) is 1.86. The van der Waals surface area contributed by atoms with Crippen LogP contribution in [0, 0.1) is 6.92 Å². The summed E-state index contributed by atoms with van der Waals surface area (Å²) in [5.41, 5.74) is 1.97. The van der Waals surface area contributed by atoms with Crippen LogP contribution in [0.2, 0.25) is 0 Å². The van der Waals surface area contributed by atoms with E-state index in [2.05, 4.69) is 16.9 Å². The van der Waals surface area contributed by atoms with Gasteiger partial charge in [0.05, 0.1) is 18.8 Å². The predicted molar refractivity (Wildman–Crippen MR) is 82.9 cm³/mol. The monoisotopic (exact) mass is 302 g/mol. The van der Waals surface area contributed by atoms with Gasteiger partial charge in [0, 0.05) is 16.6 Å². The fourth-order valence-electron chi connectivity index (χ4n) is 2.24. The number of benzene rings is 1. The quantitative estimate of drug-likeness (QED) is 0.538. The number of carbonyl (C=O) groups excluding carboxylic acids is 1. The second-order valence-corrected chi connectivity index (χ2v) is 4.86. The number of amides is 1. The Morgan fingerprint density at radius 1 is 1.45 bits per heavy atom. The summed E-state index contributed by atoms with van der Waals surface area (Å²) in [7, 11) is 0. The highest BCUT2D eigenvalue weighted by Gasteiger charge is 2.23. The molecule has 2 aromatic rings. The average Bonchev–Trinajstić information content (AvgIpc) is 2.81. The van der Waals surface area contributed by atoms with Crippen molar-refractivity contribution >= 4 is 22.8 Å². The van der Waals surface area contributed by atoms with Crippen molar-refractivity contribution in [1.29, 1.82) is 0 Å². The molecular formula is C16H18N2O4. The van der Waals surface area contributed by atoms with Crippen molar-refractivity contribution < 1.29 is 19.4 Å². The Morgan fingerprint density at radius 2 is 2.18 bits per heavy atom. The summed E-state index contributed by atoms with van der Waals surface area (Å²) < 4.78 is 5.12. The van der Waals surface area contributed by atoms with Gasteiger partial charge in [0.15, 0.2) is 6.04 Å². The minimum Gasteiger partial charge on any atom is -0.480 e. The van der Waals surface area contributed by atoms with Gasteiger partial charge in [-0.1, -0.05) is 24.3 Å². The summed E-state index contributed by atoms with van der Waals surface area (Å²) in [5, 5.41) is 12.4. The van der Waals surface area contributed by atoms with Crippen LogP contribution in [0.4, 0.5) is 0 Å². The topological polar surface area (TPSA) is 91.4 Å². The minimum absolute atomic E-state index is 0.117. The molecule has 1 unspecified atom stereocenters. The molecule has 0 radical (unpaired) electrons. The van der Waals surface area contributed by atoms with Gasteiger partial charge in [-0.25, -0.2) is 4.79 Å². The molecular weight excluding hydrogens is 284 g/mol. The highest BCUT2D eigenvalue weighted by atomic mass is 16.5. The Bertz CT molecular complexity index is 705. The Balaban J connectivity index is 2.20. The highest BCUT2D eigenvalue weighted by Crippen LogP contribution is 2.21. The van der Waals surface area contributed by atoms with Crippen LogP contribution in [0.15, 0.2) is 36.9 Å². The maximum absolute atomic E-state index is 12.4. The number of aromatic amines is 1. The van der Waals surface area contributed by atoms with Gasteiger partial charge in [0.2, 0.25) is 0 Å². The van der Waals surface area contributed by atoms with E-state index in [0.29, 0.717) is 11.3 Å². The number of H-pyrrole nitrogens is 1. The molecule has 3 N–H and O–H groups in total. The average molecular weight is 302 g/mol. The molecule has 2 rings (SSSR count). The third-order valence-electron chi connectivity index (χ3n) is 3.24. The van der Waals surface area contributed by atoms with E-state index < -0.39 is 17.9 Å². The lowest BCUT2D eigenvalue weighted by atomic mass is 10.1. The number of aromatic nitrogens is 1. The van der Waals surface area contributed by atoms with Crippen LogP contribution in [0.25, 0.3) is 10.9 Å². The van der Waals surface area contributed by atoms with E-state index in [1.165, 1.54) is 6.08 Å². The number of carboxylic acids is 1. The van der Waals surface area contributed by atoms with Crippen molar-refractivity contribution in [3.63, 3.8) is 0 Å². The van der Waals surface area contributed by atoms with Gasteiger partial charge in [-0.2, -0.15) is 0 Å². The maximum Gasteiger partial charge on any atom is 0.328 e. The molecule has 1 heterocycles. The summed E-state index contributed by atoms with van der Waals surface area (Å²) in [6.45, 7) is 5.37. The zero-order valence-corrected chi connectivity index (χ0v) is 12.3. The molecule has 6 nitrogen and oxygen atoms in total. The lowest BCUT2D eigenvalue weighted by molar-refractivity contribution is -0.140. The number of para-hydroxylation sites is 1. The van der Waals surface area contributed by atoms with Crippen LogP contribution >= 0.6 is 0 Å². The minimum atomic E-state index is -1.14. The number of carboxylic acid groups (broad SMARTS) is 1. The van der Waals surface area contributed by atoms with Crippen molar-refractivity contribution in [3.8, 4) is 0 Å². The standard InChI is InChI=1S/C16H18N2O4/c1-3-8-22-9-13(16(20)21)18-15(19)14-10(2)17-12-7-5-4-6-11(12)14/h3-7,13,17H,1,8-9H2,2H3,(H,18,19)(H,20,21). The lowest BCUT2D eigenvalue weighted by Gasteiger charge is -2.14. The maximum atomic E-state index is 12.4.